The molecule has 0 aliphatic heterocycles. The van der Waals surface area contributed by atoms with Gasteiger partial charge in [-0.05, 0) is 24.6 Å². The number of carbonyl (C=O) groups is 2. The second kappa shape index (κ2) is 8.05. The van der Waals surface area contributed by atoms with Crippen LogP contribution in [0.1, 0.15) is 28.9 Å². The van der Waals surface area contributed by atoms with Gasteiger partial charge in [-0.15, -0.1) is 0 Å². The third-order valence-corrected chi connectivity index (χ3v) is 3.32. The van der Waals surface area contributed by atoms with Crippen molar-refractivity contribution >= 4 is 11.8 Å². The van der Waals surface area contributed by atoms with Crippen molar-refractivity contribution in [2.24, 2.45) is 5.73 Å². The van der Waals surface area contributed by atoms with Gasteiger partial charge in [-0.25, -0.2) is 0 Å². The van der Waals surface area contributed by atoms with Crippen LogP contribution >= 0.6 is 0 Å². The van der Waals surface area contributed by atoms with Crippen LogP contribution in [0.5, 0.6) is 0 Å². The minimum absolute atomic E-state index is 0.242. The van der Waals surface area contributed by atoms with E-state index in [9.17, 15) is 9.59 Å². The van der Waals surface area contributed by atoms with Gasteiger partial charge in [-0.1, -0.05) is 30.3 Å². The maximum Gasteiger partial charge on any atom is 0.252 e. The molecule has 2 amide bonds. The molecule has 0 aliphatic rings. The molecule has 23 heavy (non-hydrogen) atoms. The topological polar surface area (TPSA) is 97.1 Å². The molecule has 6 heteroatoms. The minimum atomic E-state index is -0.616. The Bertz CT molecular complexity index is 644. The Morgan fingerprint density at radius 1 is 1.17 bits per heavy atom. The number of amides is 2. The lowest BCUT2D eigenvalue weighted by Crippen LogP contribution is -2.44. The average molecular weight is 312 g/mol. The fourth-order valence-electron chi connectivity index (χ4n) is 2.03. The second-order valence-corrected chi connectivity index (χ2v) is 5.21. The molecule has 4 N–H and O–H groups in total. The normalized spacial score (nSPS) is 13.0. The van der Waals surface area contributed by atoms with E-state index in [4.69, 9.17) is 5.73 Å². The van der Waals surface area contributed by atoms with Crippen LogP contribution in [0.3, 0.4) is 0 Å². The monoisotopic (exact) mass is 312 g/mol. The molecule has 0 spiro atoms. The van der Waals surface area contributed by atoms with Crippen molar-refractivity contribution in [3.05, 3.63) is 66.0 Å². The molecule has 2 aromatic rings. The summed E-state index contributed by atoms with van der Waals surface area (Å²) >= 11 is 0. The van der Waals surface area contributed by atoms with E-state index in [1.54, 1.807) is 25.3 Å². The van der Waals surface area contributed by atoms with Crippen LogP contribution in [0, 0.1) is 0 Å². The van der Waals surface area contributed by atoms with Crippen LogP contribution < -0.4 is 16.4 Å². The number of nitrogens with two attached hydrogens (primary N) is 1. The lowest BCUT2D eigenvalue weighted by Gasteiger charge is -2.21. The van der Waals surface area contributed by atoms with Crippen LogP contribution in [0.15, 0.2) is 54.9 Å². The van der Waals surface area contributed by atoms with Crippen LogP contribution in [-0.4, -0.2) is 29.4 Å². The smallest absolute Gasteiger partial charge is 0.252 e. The van der Waals surface area contributed by atoms with E-state index < -0.39 is 6.04 Å². The Kier molecular flexibility index (Phi) is 5.82. The van der Waals surface area contributed by atoms with Gasteiger partial charge in [0.05, 0.1) is 17.6 Å². The molecule has 2 unspecified atom stereocenters. The van der Waals surface area contributed by atoms with E-state index in [0.717, 1.165) is 5.56 Å². The molecule has 120 valence electrons. The van der Waals surface area contributed by atoms with Crippen LogP contribution in [0.2, 0.25) is 0 Å². The van der Waals surface area contributed by atoms with Gasteiger partial charge in [0, 0.05) is 18.9 Å². The van der Waals surface area contributed by atoms with Gasteiger partial charge in [0.15, 0.2) is 0 Å². The Balaban J connectivity index is 2.06. The molecule has 0 fully saturated rings. The molecular weight excluding hydrogens is 292 g/mol. The molecule has 0 saturated carbocycles. The first-order chi connectivity index (χ1) is 11.1. The Labute approximate surface area is 135 Å². The standard InChI is InChI=1S/C17H20N4O2/c1-12(18)16(22)21-15(13-6-3-2-4-7-13)11-20-17(23)14-8-5-9-19-10-14/h2-10,12,15H,11,18H2,1H3,(H,20,23)(H,21,22). The van der Waals surface area contributed by atoms with Gasteiger partial charge in [-0.3, -0.25) is 14.6 Å². The largest absolute Gasteiger partial charge is 0.350 e. The minimum Gasteiger partial charge on any atom is -0.350 e. The SMILES string of the molecule is CC(N)C(=O)NC(CNC(=O)c1cccnc1)c1ccccc1. The molecule has 1 aromatic heterocycles. The second-order valence-electron chi connectivity index (χ2n) is 5.21. The lowest BCUT2D eigenvalue weighted by molar-refractivity contribution is -0.122. The molecule has 0 bridgehead atoms. The molecule has 2 rings (SSSR count). The summed E-state index contributed by atoms with van der Waals surface area (Å²) in [6.07, 6.45) is 3.10. The Morgan fingerprint density at radius 2 is 1.91 bits per heavy atom. The van der Waals surface area contributed by atoms with E-state index in [1.807, 2.05) is 30.3 Å². The summed E-state index contributed by atoms with van der Waals surface area (Å²) in [5, 5.41) is 5.65. The first kappa shape index (κ1) is 16.6. The highest BCUT2D eigenvalue weighted by Gasteiger charge is 2.18. The number of carbonyl (C=O) groups excluding carboxylic acids is 2. The predicted molar refractivity (Wildman–Crippen MR) is 87.5 cm³/mol. The van der Waals surface area contributed by atoms with Crippen molar-refractivity contribution in [2.75, 3.05) is 6.54 Å². The number of hydrogen-bond acceptors (Lipinski definition) is 4. The van der Waals surface area contributed by atoms with Crippen molar-refractivity contribution in [3.8, 4) is 0 Å². The van der Waals surface area contributed by atoms with Gasteiger partial charge < -0.3 is 16.4 Å². The third kappa shape index (κ3) is 4.89. The lowest BCUT2D eigenvalue weighted by atomic mass is 10.1. The molecule has 0 radical (unpaired) electrons. The van der Waals surface area contributed by atoms with Crippen LogP contribution in [0.25, 0.3) is 0 Å². The highest BCUT2D eigenvalue weighted by molar-refractivity contribution is 5.93. The van der Waals surface area contributed by atoms with Crippen molar-refractivity contribution < 1.29 is 9.59 Å². The number of aromatic nitrogens is 1. The number of nitrogens with zero attached hydrogens (tertiary/aromatic N) is 1. The Morgan fingerprint density at radius 3 is 2.52 bits per heavy atom. The first-order valence-corrected chi connectivity index (χ1v) is 7.37. The molecule has 2 atom stereocenters. The quantitative estimate of drug-likeness (QED) is 0.742. The Hall–Kier alpha value is -2.73. The molecule has 0 aliphatic carbocycles. The fraction of sp³-hybridized carbons (Fsp3) is 0.235. The van der Waals surface area contributed by atoms with E-state index in [-0.39, 0.29) is 24.4 Å². The van der Waals surface area contributed by atoms with Gasteiger partial charge in [0.25, 0.3) is 5.91 Å². The van der Waals surface area contributed by atoms with Gasteiger partial charge in [0.2, 0.25) is 5.91 Å². The molecule has 1 heterocycles. The highest BCUT2D eigenvalue weighted by atomic mass is 16.2. The maximum absolute atomic E-state index is 12.1. The zero-order chi connectivity index (χ0) is 16.7. The summed E-state index contributed by atoms with van der Waals surface area (Å²) in [6, 6.07) is 11.8. The van der Waals surface area contributed by atoms with E-state index in [2.05, 4.69) is 15.6 Å². The highest BCUT2D eigenvalue weighted by Crippen LogP contribution is 2.12. The first-order valence-electron chi connectivity index (χ1n) is 7.37. The van der Waals surface area contributed by atoms with Gasteiger partial charge in [0.1, 0.15) is 0 Å². The zero-order valence-electron chi connectivity index (χ0n) is 12.9. The summed E-state index contributed by atoms with van der Waals surface area (Å²) in [6.45, 7) is 1.88. The molecule has 0 saturated heterocycles. The summed E-state index contributed by atoms with van der Waals surface area (Å²) < 4.78 is 0. The van der Waals surface area contributed by atoms with Crippen molar-refractivity contribution in [1.82, 2.24) is 15.6 Å². The summed E-state index contributed by atoms with van der Waals surface area (Å²) in [5.74, 6) is -0.511. The number of benzene rings is 1. The number of pyridine rings is 1. The predicted octanol–water partition coefficient (Wildman–Crippen LogP) is 1.02. The average Bonchev–Trinajstić information content (AvgIpc) is 2.59. The zero-order valence-corrected chi connectivity index (χ0v) is 12.9. The third-order valence-electron chi connectivity index (χ3n) is 3.32. The van der Waals surface area contributed by atoms with Gasteiger partial charge >= 0.3 is 0 Å². The molecule has 6 nitrogen and oxygen atoms in total. The van der Waals surface area contributed by atoms with Crippen molar-refractivity contribution in [3.63, 3.8) is 0 Å². The van der Waals surface area contributed by atoms with Crippen molar-refractivity contribution in [1.29, 1.82) is 0 Å². The number of rotatable bonds is 6. The van der Waals surface area contributed by atoms with Crippen molar-refractivity contribution in [2.45, 2.75) is 19.0 Å². The summed E-state index contributed by atoms with van der Waals surface area (Å²) in [4.78, 5) is 27.9. The fourth-order valence-corrected chi connectivity index (χ4v) is 2.03. The maximum atomic E-state index is 12.1. The van der Waals surface area contributed by atoms with Crippen LogP contribution in [0.4, 0.5) is 0 Å². The summed E-state index contributed by atoms with van der Waals surface area (Å²) in [7, 11) is 0. The molecular formula is C17H20N4O2. The van der Waals surface area contributed by atoms with E-state index >= 15 is 0 Å². The van der Waals surface area contributed by atoms with E-state index in [1.165, 1.54) is 6.20 Å². The van der Waals surface area contributed by atoms with Crippen LogP contribution in [-0.2, 0) is 4.79 Å². The summed E-state index contributed by atoms with van der Waals surface area (Å²) in [5.41, 5.74) is 6.97. The number of hydrogen-bond donors (Lipinski definition) is 3. The van der Waals surface area contributed by atoms with E-state index in [0.29, 0.717) is 5.56 Å². The molecule has 1 aromatic carbocycles. The van der Waals surface area contributed by atoms with Gasteiger partial charge in [-0.2, -0.15) is 0 Å². The number of nitrogens with one attached hydrogen (secondary N) is 2.